The highest BCUT2D eigenvalue weighted by Crippen LogP contribution is 2.51. The summed E-state index contributed by atoms with van der Waals surface area (Å²) in [6.07, 6.45) is 3.23. The van der Waals surface area contributed by atoms with Crippen LogP contribution in [0.4, 0.5) is 0 Å². The van der Waals surface area contributed by atoms with E-state index in [-0.39, 0.29) is 17.8 Å². The molecule has 0 saturated heterocycles. The topological polar surface area (TPSA) is 63.2 Å². The number of carbonyl (C=O) groups is 1. The highest BCUT2D eigenvalue weighted by molar-refractivity contribution is 6.06. The summed E-state index contributed by atoms with van der Waals surface area (Å²) in [7, 11) is 3.14. The molecular formula is C23H22O6. The highest BCUT2D eigenvalue weighted by atomic mass is 16.5. The fraction of sp³-hybridized carbons (Fsp3) is 0.348. The van der Waals surface area contributed by atoms with Gasteiger partial charge in [-0.25, -0.2) is 0 Å². The summed E-state index contributed by atoms with van der Waals surface area (Å²) in [4.78, 5) is 13.6. The van der Waals surface area contributed by atoms with Gasteiger partial charge in [0.2, 0.25) is 0 Å². The average molecular weight is 394 g/mol. The first-order chi connectivity index (χ1) is 13.9. The molecule has 2 aromatic carbocycles. The summed E-state index contributed by atoms with van der Waals surface area (Å²) in [5.74, 6) is 2.59. The van der Waals surface area contributed by atoms with Crippen LogP contribution in [-0.2, 0) is 5.41 Å². The summed E-state index contributed by atoms with van der Waals surface area (Å²) in [5.41, 5.74) is 1.90. The Kier molecular flexibility index (Phi) is 3.81. The third-order valence-corrected chi connectivity index (χ3v) is 5.89. The number of ether oxygens (including phenoxy) is 5. The molecule has 3 aliphatic rings. The molecule has 0 radical (unpaired) electrons. The van der Waals surface area contributed by atoms with E-state index >= 15 is 0 Å². The molecule has 3 aliphatic heterocycles. The van der Waals surface area contributed by atoms with Crippen molar-refractivity contribution in [1.82, 2.24) is 0 Å². The zero-order valence-electron chi connectivity index (χ0n) is 16.8. The number of benzene rings is 2. The number of rotatable bonds is 2. The molecule has 0 fully saturated rings. The molecule has 5 rings (SSSR count). The Bertz CT molecular complexity index is 1050. The summed E-state index contributed by atoms with van der Waals surface area (Å²) in [6.45, 7) is 4.43. The Morgan fingerprint density at radius 3 is 2.59 bits per heavy atom. The van der Waals surface area contributed by atoms with Crippen LogP contribution in [0, 0.1) is 0 Å². The summed E-state index contributed by atoms with van der Waals surface area (Å²) in [6, 6.07) is 7.21. The minimum Gasteiger partial charge on any atom is -0.493 e. The molecule has 2 aromatic rings. The third-order valence-electron chi connectivity index (χ3n) is 5.89. The molecule has 0 aliphatic carbocycles. The van der Waals surface area contributed by atoms with Gasteiger partial charge in [-0.1, -0.05) is 13.8 Å². The van der Waals surface area contributed by atoms with Crippen LogP contribution in [0.15, 0.2) is 36.6 Å². The van der Waals surface area contributed by atoms with E-state index in [1.165, 1.54) is 0 Å². The first-order valence-electron chi connectivity index (χ1n) is 9.56. The molecule has 29 heavy (non-hydrogen) atoms. The van der Waals surface area contributed by atoms with Gasteiger partial charge in [-0.3, -0.25) is 4.79 Å². The quantitative estimate of drug-likeness (QED) is 0.767. The molecule has 2 atom stereocenters. The van der Waals surface area contributed by atoms with Gasteiger partial charge >= 0.3 is 0 Å². The van der Waals surface area contributed by atoms with Gasteiger partial charge in [0.1, 0.15) is 30.0 Å². The molecule has 0 spiro atoms. The maximum Gasteiger partial charge on any atom is 0.178 e. The average Bonchev–Trinajstić information content (AvgIpc) is 2.71. The van der Waals surface area contributed by atoms with Crippen molar-refractivity contribution in [2.45, 2.75) is 31.3 Å². The van der Waals surface area contributed by atoms with Gasteiger partial charge in [0.25, 0.3) is 0 Å². The predicted molar refractivity (Wildman–Crippen MR) is 106 cm³/mol. The number of hydrogen-bond donors (Lipinski definition) is 0. The number of allylic oxidation sites excluding steroid dienone is 1. The molecular weight excluding hydrogens is 372 g/mol. The summed E-state index contributed by atoms with van der Waals surface area (Å²) < 4.78 is 28.8. The fourth-order valence-electron chi connectivity index (χ4n) is 4.39. The normalized spacial score (nSPS) is 22.7. The lowest BCUT2D eigenvalue weighted by Crippen LogP contribution is -2.43. The molecule has 0 aromatic heterocycles. The molecule has 150 valence electrons. The Labute approximate surface area is 169 Å². The van der Waals surface area contributed by atoms with Crippen molar-refractivity contribution in [3.8, 4) is 28.7 Å². The zero-order valence-corrected chi connectivity index (χ0v) is 16.8. The minimum absolute atomic E-state index is 0.0150. The van der Waals surface area contributed by atoms with E-state index in [4.69, 9.17) is 23.7 Å². The summed E-state index contributed by atoms with van der Waals surface area (Å²) >= 11 is 0. The third kappa shape index (κ3) is 2.51. The van der Waals surface area contributed by atoms with Crippen molar-refractivity contribution in [1.29, 1.82) is 0 Å². The van der Waals surface area contributed by atoms with E-state index in [9.17, 15) is 4.79 Å². The van der Waals surface area contributed by atoms with Crippen molar-refractivity contribution in [3.63, 3.8) is 0 Å². The van der Waals surface area contributed by atoms with Crippen LogP contribution in [0.5, 0.6) is 28.7 Å². The Balaban J connectivity index is 1.65. The largest absolute Gasteiger partial charge is 0.493 e. The number of ketones is 1. The van der Waals surface area contributed by atoms with Crippen molar-refractivity contribution in [2.24, 2.45) is 0 Å². The van der Waals surface area contributed by atoms with Gasteiger partial charge in [0, 0.05) is 22.6 Å². The van der Waals surface area contributed by atoms with Crippen LogP contribution in [-0.4, -0.2) is 32.7 Å². The van der Waals surface area contributed by atoms with E-state index in [2.05, 4.69) is 13.8 Å². The Morgan fingerprint density at radius 2 is 1.83 bits per heavy atom. The van der Waals surface area contributed by atoms with Crippen LogP contribution < -0.4 is 23.7 Å². The number of methoxy groups -OCH3 is 2. The molecule has 0 bridgehead atoms. The maximum atomic E-state index is 13.6. The highest BCUT2D eigenvalue weighted by Gasteiger charge is 2.46. The number of hydrogen-bond acceptors (Lipinski definition) is 6. The summed E-state index contributed by atoms with van der Waals surface area (Å²) in [5, 5.41) is 0. The van der Waals surface area contributed by atoms with E-state index in [1.807, 2.05) is 18.2 Å². The number of Topliss-reactive ketones (excluding diaryl/α,β-unsaturated/α-hetero) is 1. The second-order valence-electron chi connectivity index (χ2n) is 8.01. The Hall–Kier alpha value is -3.15. The molecule has 0 N–H and O–H groups in total. The second-order valence-corrected chi connectivity index (χ2v) is 8.01. The zero-order chi connectivity index (χ0) is 20.3. The van der Waals surface area contributed by atoms with E-state index in [0.29, 0.717) is 34.3 Å². The van der Waals surface area contributed by atoms with Gasteiger partial charge in [0.05, 0.1) is 32.0 Å². The van der Waals surface area contributed by atoms with E-state index < -0.39 is 12.0 Å². The first kappa shape index (κ1) is 17.9. The van der Waals surface area contributed by atoms with Crippen molar-refractivity contribution in [3.05, 3.63) is 53.3 Å². The first-order valence-corrected chi connectivity index (χ1v) is 9.56. The van der Waals surface area contributed by atoms with Gasteiger partial charge in [-0.05, 0) is 24.3 Å². The SMILES string of the molecule is COc1cc2c(cc1OC)[C@@H]1C(=O)c3ccc4c(c3O[C@H]1CO2)C(C)(C)C=CO4. The van der Waals surface area contributed by atoms with Crippen LogP contribution in [0.1, 0.15) is 41.3 Å². The molecule has 0 amide bonds. The van der Waals surface area contributed by atoms with Crippen LogP contribution >= 0.6 is 0 Å². The van der Waals surface area contributed by atoms with Gasteiger partial charge < -0.3 is 23.7 Å². The lowest BCUT2D eigenvalue weighted by Gasteiger charge is -2.40. The fourth-order valence-corrected chi connectivity index (χ4v) is 4.39. The monoisotopic (exact) mass is 394 g/mol. The second kappa shape index (κ2) is 6.17. The van der Waals surface area contributed by atoms with E-state index in [0.717, 1.165) is 11.1 Å². The smallest absolute Gasteiger partial charge is 0.178 e. The Morgan fingerprint density at radius 1 is 1.07 bits per heavy atom. The van der Waals surface area contributed by atoms with Crippen LogP contribution in [0.2, 0.25) is 0 Å². The minimum atomic E-state index is -0.465. The molecule has 3 heterocycles. The van der Waals surface area contributed by atoms with Crippen molar-refractivity contribution >= 4 is 5.78 Å². The van der Waals surface area contributed by atoms with Gasteiger partial charge in [-0.2, -0.15) is 0 Å². The molecule has 6 heteroatoms. The predicted octanol–water partition coefficient (Wildman–Crippen LogP) is 4.01. The maximum absolute atomic E-state index is 13.6. The number of fused-ring (bicyclic) bond motifs is 6. The van der Waals surface area contributed by atoms with Gasteiger partial charge in [0.15, 0.2) is 17.3 Å². The number of carbonyl (C=O) groups excluding carboxylic acids is 1. The van der Waals surface area contributed by atoms with E-state index in [1.54, 1.807) is 32.6 Å². The molecule has 6 nitrogen and oxygen atoms in total. The van der Waals surface area contributed by atoms with Crippen LogP contribution in [0.25, 0.3) is 0 Å². The van der Waals surface area contributed by atoms with Crippen molar-refractivity contribution in [2.75, 3.05) is 20.8 Å². The molecule has 0 unspecified atom stereocenters. The van der Waals surface area contributed by atoms with Gasteiger partial charge in [-0.15, -0.1) is 0 Å². The lowest BCUT2D eigenvalue weighted by atomic mass is 9.77. The lowest BCUT2D eigenvalue weighted by molar-refractivity contribution is 0.0548. The standard InChI is InChI=1S/C23H22O6/c1-23(2)7-8-27-14-6-5-12-21(24)19-13-9-16(25-3)17(26-4)10-15(13)28-11-18(19)29-22(12)20(14)23/h5-10,18-19H,11H2,1-4H3/t18-,19-/m0/s1. The molecule has 0 saturated carbocycles. The van der Waals surface area contributed by atoms with Crippen molar-refractivity contribution < 1.29 is 28.5 Å². The van der Waals surface area contributed by atoms with Crippen LogP contribution in [0.3, 0.4) is 0 Å².